The SMILES string of the molecule is CC1OC1Cn1c(=O)n(C)c(=O)n(CC2OC2C)c1=O. The van der Waals surface area contributed by atoms with Crippen LogP contribution < -0.4 is 17.1 Å². The van der Waals surface area contributed by atoms with Gasteiger partial charge in [0, 0.05) is 7.05 Å². The second-order valence-electron chi connectivity index (χ2n) is 5.39. The number of nitrogens with zero attached hydrogens (tertiary/aromatic N) is 3. The third-order valence-corrected chi connectivity index (χ3v) is 3.90. The first kappa shape index (κ1) is 13.3. The van der Waals surface area contributed by atoms with E-state index in [1.165, 1.54) is 7.05 Å². The van der Waals surface area contributed by atoms with Crippen LogP contribution in [0.4, 0.5) is 0 Å². The van der Waals surface area contributed by atoms with Crippen LogP contribution in [0.2, 0.25) is 0 Å². The lowest BCUT2D eigenvalue weighted by atomic mass is 10.3. The maximum atomic E-state index is 12.3. The Morgan fingerprint density at radius 2 is 1.20 bits per heavy atom. The Hall–Kier alpha value is -1.67. The predicted octanol–water partition coefficient (Wildman–Crippen LogP) is -1.72. The highest BCUT2D eigenvalue weighted by Gasteiger charge is 2.37. The van der Waals surface area contributed by atoms with Gasteiger partial charge in [0.1, 0.15) is 12.2 Å². The largest absolute Gasteiger partial charge is 0.368 e. The van der Waals surface area contributed by atoms with Gasteiger partial charge in [-0.25, -0.2) is 28.1 Å². The average Bonchev–Trinajstić information content (AvgIpc) is 3.29. The van der Waals surface area contributed by atoms with Gasteiger partial charge in [0.25, 0.3) is 0 Å². The molecule has 4 unspecified atom stereocenters. The van der Waals surface area contributed by atoms with Gasteiger partial charge in [-0.1, -0.05) is 0 Å². The monoisotopic (exact) mass is 283 g/mol. The number of rotatable bonds is 4. The summed E-state index contributed by atoms with van der Waals surface area (Å²) in [5, 5.41) is 0. The average molecular weight is 283 g/mol. The molecule has 20 heavy (non-hydrogen) atoms. The first-order chi connectivity index (χ1) is 9.40. The summed E-state index contributed by atoms with van der Waals surface area (Å²) in [6.07, 6.45) is -0.192. The summed E-state index contributed by atoms with van der Waals surface area (Å²) >= 11 is 0. The molecule has 2 saturated heterocycles. The molecule has 3 heterocycles. The maximum absolute atomic E-state index is 12.3. The highest BCUT2D eigenvalue weighted by Crippen LogP contribution is 2.22. The van der Waals surface area contributed by atoms with Crippen LogP contribution in [-0.2, 0) is 29.6 Å². The molecule has 8 heteroatoms. The molecular formula is C12H17N3O5. The molecule has 0 spiro atoms. The Morgan fingerprint density at radius 3 is 1.50 bits per heavy atom. The van der Waals surface area contributed by atoms with E-state index in [9.17, 15) is 14.4 Å². The molecule has 4 atom stereocenters. The minimum Gasteiger partial charge on any atom is -0.368 e. The highest BCUT2D eigenvalue weighted by molar-refractivity contribution is 4.88. The number of ether oxygens (including phenoxy) is 2. The van der Waals surface area contributed by atoms with Crippen LogP contribution >= 0.6 is 0 Å². The number of hydrogen-bond donors (Lipinski definition) is 0. The summed E-state index contributed by atoms with van der Waals surface area (Å²) in [5.74, 6) is 0. The smallest absolute Gasteiger partial charge is 0.336 e. The lowest BCUT2D eigenvalue weighted by molar-refractivity contribution is 0.333. The van der Waals surface area contributed by atoms with Gasteiger partial charge in [-0.15, -0.1) is 0 Å². The molecule has 110 valence electrons. The topological polar surface area (TPSA) is 91.1 Å². The van der Waals surface area contributed by atoms with Crippen LogP contribution in [0.15, 0.2) is 14.4 Å². The van der Waals surface area contributed by atoms with Crippen molar-refractivity contribution in [3.05, 3.63) is 31.5 Å². The van der Waals surface area contributed by atoms with E-state index >= 15 is 0 Å². The van der Waals surface area contributed by atoms with Gasteiger partial charge in [-0.3, -0.25) is 0 Å². The van der Waals surface area contributed by atoms with E-state index in [1.807, 2.05) is 13.8 Å². The van der Waals surface area contributed by atoms with E-state index in [4.69, 9.17) is 9.47 Å². The molecule has 0 bridgehead atoms. The van der Waals surface area contributed by atoms with Gasteiger partial charge in [0.2, 0.25) is 0 Å². The van der Waals surface area contributed by atoms with Crippen molar-refractivity contribution in [2.75, 3.05) is 0 Å². The maximum Gasteiger partial charge on any atom is 0.336 e. The molecule has 2 aliphatic heterocycles. The van der Waals surface area contributed by atoms with Crippen LogP contribution in [0.25, 0.3) is 0 Å². The first-order valence-electron chi connectivity index (χ1n) is 6.61. The third-order valence-electron chi connectivity index (χ3n) is 3.90. The minimum absolute atomic E-state index is 0.0405. The van der Waals surface area contributed by atoms with Gasteiger partial charge in [-0.05, 0) is 13.8 Å². The van der Waals surface area contributed by atoms with Crippen molar-refractivity contribution >= 4 is 0 Å². The van der Waals surface area contributed by atoms with E-state index in [0.29, 0.717) is 0 Å². The molecule has 3 rings (SSSR count). The summed E-state index contributed by atoms with van der Waals surface area (Å²) in [6, 6.07) is 0. The molecular weight excluding hydrogens is 266 g/mol. The molecule has 1 aromatic heterocycles. The minimum atomic E-state index is -0.608. The molecule has 0 amide bonds. The fourth-order valence-corrected chi connectivity index (χ4v) is 2.27. The van der Waals surface area contributed by atoms with E-state index < -0.39 is 17.1 Å². The van der Waals surface area contributed by atoms with Gasteiger partial charge < -0.3 is 9.47 Å². The fraction of sp³-hybridized carbons (Fsp3) is 0.750. The summed E-state index contributed by atoms with van der Waals surface area (Å²) in [6.45, 7) is 4.09. The van der Waals surface area contributed by atoms with Crippen LogP contribution in [-0.4, -0.2) is 38.1 Å². The van der Waals surface area contributed by atoms with Crippen molar-refractivity contribution in [3.63, 3.8) is 0 Å². The molecule has 8 nitrogen and oxygen atoms in total. The van der Waals surface area contributed by atoms with Gasteiger partial charge in [0.15, 0.2) is 0 Å². The lowest BCUT2D eigenvalue weighted by Crippen LogP contribution is -2.54. The van der Waals surface area contributed by atoms with Crippen LogP contribution in [0.5, 0.6) is 0 Å². The molecule has 2 aliphatic rings. The van der Waals surface area contributed by atoms with E-state index in [0.717, 1.165) is 13.7 Å². The number of aromatic nitrogens is 3. The van der Waals surface area contributed by atoms with Crippen molar-refractivity contribution in [2.24, 2.45) is 7.05 Å². The fourth-order valence-electron chi connectivity index (χ4n) is 2.27. The van der Waals surface area contributed by atoms with Gasteiger partial charge in [0.05, 0.1) is 25.3 Å². The zero-order valence-electron chi connectivity index (χ0n) is 11.6. The molecule has 0 aliphatic carbocycles. The van der Waals surface area contributed by atoms with Gasteiger partial charge >= 0.3 is 17.1 Å². The first-order valence-corrected chi connectivity index (χ1v) is 6.61. The Labute approximate surface area is 114 Å². The van der Waals surface area contributed by atoms with Crippen molar-refractivity contribution in [1.29, 1.82) is 0 Å². The quantitative estimate of drug-likeness (QED) is 0.613. The van der Waals surface area contributed by atoms with Crippen molar-refractivity contribution in [3.8, 4) is 0 Å². The molecule has 1 aromatic rings. The summed E-state index contributed by atoms with van der Waals surface area (Å²) in [4.78, 5) is 36.4. The third kappa shape index (κ3) is 2.14. The highest BCUT2D eigenvalue weighted by atomic mass is 16.6. The second-order valence-corrected chi connectivity index (χ2v) is 5.39. The zero-order chi connectivity index (χ0) is 14.6. The molecule has 0 N–H and O–H groups in total. The Bertz CT molecular complexity index is 659. The van der Waals surface area contributed by atoms with E-state index in [2.05, 4.69) is 0 Å². The Kier molecular flexibility index (Phi) is 2.94. The van der Waals surface area contributed by atoms with Crippen LogP contribution in [0.3, 0.4) is 0 Å². The van der Waals surface area contributed by atoms with Gasteiger partial charge in [-0.2, -0.15) is 0 Å². The number of epoxide rings is 2. The molecule has 0 aromatic carbocycles. The summed E-state index contributed by atoms with van der Waals surface area (Å²) in [5.41, 5.74) is -1.81. The summed E-state index contributed by atoms with van der Waals surface area (Å²) in [7, 11) is 1.37. The number of hydrogen-bond acceptors (Lipinski definition) is 5. The zero-order valence-corrected chi connectivity index (χ0v) is 11.6. The second kappa shape index (κ2) is 4.42. The van der Waals surface area contributed by atoms with Crippen molar-refractivity contribution in [1.82, 2.24) is 13.7 Å². The van der Waals surface area contributed by atoms with E-state index in [1.54, 1.807) is 0 Å². The standard InChI is InChI=1S/C12H17N3O5/c1-6-8(19-6)4-14-10(16)13(3)11(17)15(12(14)18)5-9-7(2)20-9/h6-9H,4-5H2,1-3H3. The molecule has 0 saturated carbocycles. The summed E-state index contributed by atoms with van der Waals surface area (Å²) < 4.78 is 13.5. The van der Waals surface area contributed by atoms with Crippen LogP contribution in [0.1, 0.15) is 13.8 Å². The molecule has 0 radical (unpaired) electrons. The Balaban J connectivity index is 2.02. The van der Waals surface area contributed by atoms with Crippen LogP contribution in [0, 0.1) is 0 Å². The van der Waals surface area contributed by atoms with Crippen molar-refractivity contribution in [2.45, 2.75) is 51.4 Å². The Morgan fingerprint density at radius 1 is 0.850 bits per heavy atom. The van der Waals surface area contributed by atoms with Crippen molar-refractivity contribution < 1.29 is 9.47 Å². The van der Waals surface area contributed by atoms with E-state index in [-0.39, 0.29) is 37.5 Å². The normalized spacial score (nSPS) is 31.4. The predicted molar refractivity (Wildman–Crippen MR) is 68.9 cm³/mol. The molecule has 2 fully saturated rings. The lowest BCUT2D eigenvalue weighted by Gasteiger charge is -2.10.